The van der Waals surface area contributed by atoms with Crippen molar-refractivity contribution in [1.82, 2.24) is 9.88 Å². The van der Waals surface area contributed by atoms with E-state index in [0.29, 0.717) is 29.6 Å². The molecule has 0 spiro atoms. The Labute approximate surface area is 205 Å². The van der Waals surface area contributed by atoms with Crippen LogP contribution in [0.5, 0.6) is 5.75 Å². The van der Waals surface area contributed by atoms with E-state index >= 15 is 0 Å². The zero-order valence-electron chi connectivity index (χ0n) is 20.6. The number of fused-ring (bicyclic) bond motifs is 2. The van der Waals surface area contributed by atoms with E-state index in [0.717, 1.165) is 47.6 Å². The minimum atomic E-state index is 0.0282. The van der Waals surface area contributed by atoms with Crippen LogP contribution in [-0.2, 0) is 12.8 Å². The van der Waals surface area contributed by atoms with E-state index in [1.807, 2.05) is 17.0 Å². The molecule has 0 bridgehead atoms. The number of pyridine rings is 1. The van der Waals surface area contributed by atoms with Crippen LogP contribution in [0.4, 0.5) is 11.4 Å². The molecule has 1 unspecified atom stereocenters. The van der Waals surface area contributed by atoms with Gasteiger partial charge in [0.1, 0.15) is 15.5 Å². The first-order chi connectivity index (χ1) is 16.2. The highest BCUT2D eigenvalue weighted by Crippen LogP contribution is 2.40. The Morgan fingerprint density at radius 1 is 1.15 bits per heavy atom. The minimum absolute atomic E-state index is 0.0282. The van der Waals surface area contributed by atoms with Gasteiger partial charge in [0.2, 0.25) is 0 Å². The molecule has 5 rings (SSSR count). The first-order valence-electron chi connectivity index (χ1n) is 12.1. The van der Waals surface area contributed by atoms with E-state index in [1.165, 1.54) is 29.0 Å². The number of carbonyl (C=O) groups is 1. The van der Waals surface area contributed by atoms with Gasteiger partial charge in [-0.2, -0.15) is 0 Å². The van der Waals surface area contributed by atoms with Crippen LogP contribution < -0.4 is 15.4 Å². The SMILES string of the molecule is COc1ccc(N2CCN(C(=O)c3sc4nc5c(cc4c3N)CC(C(C)(C)C)CC5)CC2)cc1. The van der Waals surface area contributed by atoms with Gasteiger partial charge in [-0.25, -0.2) is 4.98 Å². The summed E-state index contributed by atoms with van der Waals surface area (Å²) in [6, 6.07) is 10.3. The zero-order valence-corrected chi connectivity index (χ0v) is 21.4. The van der Waals surface area contributed by atoms with Crippen molar-refractivity contribution in [2.45, 2.75) is 40.0 Å². The number of methoxy groups -OCH3 is 1. The second kappa shape index (κ2) is 8.77. The van der Waals surface area contributed by atoms with Gasteiger partial charge >= 0.3 is 0 Å². The number of thiophene rings is 1. The molecule has 3 heterocycles. The van der Waals surface area contributed by atoms with Crippen LogP contribution in [0.25, 0.3) is 10.2 Å². The Balaban J connectivity index is 1.32. The number of nitrogens with zero attached hydrogens (tertiary/aromatic N) is 3. The lowest BCUT2D eigenvalue weighted by molar-refractivity contribution is 0.0752. The van der Waals surface area contributed by atoms with Crippen molar-refractivity contribution in [3.05, 3.63) is 46.5 Å². The first-order valence-corrected chi connectivity index (χ1v) is 13.0. The standard InChI is InChI=1S/C27H34N4O2S/c1-27(2,3)18-5-10-22-17(15-18)16-21-23(28)24(34-25(21)29-22)26(32)31-13-11-30(12-14-31)19-6-8-20(33-4)9-7-19/h6-9,16,18H,5,10-15,28H2,1-4H3. The normalized spacial score (nSPS) is 18.8. The summed E-state index contributed by atoms with van der Waals surface area (Å²) in [7, 11) is 1.67. The average Bonchev–Trinajstić information content (AvgIpc) is 3.16. The molecule has 180 valence electrons. The molecule has 1 aliphatic heterocycles. The Hall–Kier alpha value is -2.80. The third-order valence-electron chi connectivity index (χ3n) is 7.51. The number of nitrogens with two attached hydrogens (primary N) is 1. The Bertz CT molecular complexity index is 1200. The van der Waals surface area contributed by atoms with Crippen molar-refractivity contribution in [2.24, 2.45) is 11.3 Å². The molecule has 1 amide bonds. The molecule has 0 radical (unpaired) electrons. The number of amides is 1. The van der Waals surface area contributed by atoms with E-state index in [1.54, 1.807) is 7.11 Å². The first kappa shape index (κ1) is 23.0. The summed E-state index contributed by atoms with van der Waals surface area (Å²) in [5, 5.41) is 0.943. The molecule has 1 saturated heterocycles. The van der Waals surface area contributed by atoms with Gasteiger partial charge in [-0.05, 0) is 66.5 Å². The van der Waals surface area contributed by atoms with Crippen LogP contribution >= 0.6 is 11.3 Å². The van der Waals surface area contributed by atoms with Gasteiger partial charge in [-0.3, -0.25) is 4.79 Å². The summed E-state index contributed by atoms with van der Waals surface area (Å²) in [5.74, 6) is 1.52. The van der Waals surface area contributed by atoms with Gasteiger partial charge in [0.15, 0.2) is 0 Å². The van der Waals surface area contributed by atoms with Gasteiger partial charge in [-0.15, -0.1) is 11.3 Å². The van der Waals surface area contributed by atoms with Crippen LogP contribution in [0.1, 0.15) is 48.1 Å². The molecule has 2 aliphatic rings. The largest absolute Gasteiger partial charge is 0.497 e. The van der Waals surface area contributed by atoms with Crippen LogP contribution in [0.3, 0.4) is 0 Å². The molecule has 1 aliphatic carbocycles. The van der Waals surface area contributed by atoms with Gasteiger partial charge in [0.25, 0.3) is 5.91 Å². The van der Waals surface area contributed by atoms with Crippen LogP contribution in [0.15, 0.2) is 30.3 Å². The molecule has 34 heavy (non-hydrogen) atoms. The summed E-state index contributed by atoms with van der Waals surface area (Å²) in [5.41, 5.74) is 11.1. The second-order valence-electron chi connectivity index (χ2n) is 10.6. The highest BCUT2D eigenvalue weighted by Gasteiger charge is 2.31. The van der Waals surface area contributed by atoms with Crippen molar-refractivity contribution in [1.29, 1.82) is 0 Å². The lowest BCUT2D eigenvalue weighted by atomic mass is 9.71. The van der Waals surface area contributed by atoms with Crippen molar-refractivity contribution in [2.75, 3.05) is 43.9 Å². The fourth-order valence-corrected chi connectivity index (χ4v) is 6.26. The summed E-state index contributed by atoms with van der Waals surface area (Å²) in [4.78, 5) is 24.1. The molecule has 7 heteroatoms. The topological polar surface area (TPSA) is 71.7 Å². The quantitative estimate of drug-likeness (QED) is 0.574. The number of ether oxygens (including phenoxy) is 1. The number of anilines is 2. The average molecular weight is 479 g/mol. The van der Waals surface area contributed by atoms with E-state index in [2.05, 4.69) is 43.9 Å². The van der Waals surface area contributed by atoms with E-state index in [-0.39, 0.29) is 11.3 Å². The Morgan fingerprint density at radius 3 is 2.50 bits per heavy atom. The van der Waals surface area contributed by atoms with Crippen LogP contribution in [0.2, 0.25) is 0 Å². The highest BCUT2D eigenvalue weighted by molar-refractivity contribution is 7.21. The predicted octanol–water partition coefficient (Wildman–Crippen LogP) is 5.00. The maximum Gasteiger partial charge on any atom is 0.266 e. The molecular weight excluding hydrogens is 444 g/mol. The number of nitrogen functional groups attached to an aromatic ring is 1. The predicted molar refractivity (Wildman–Crippen MR) is 140 cm³/mol. The Kier molecular flexibility index (Phi) is 5.92. The van der Waals surface area contributed by atoms with Crippen molar-refractivity contribution >= 4 is 38.8 Å². The smallest absolute Gasteiger partial charge is 0.266 e. The number of aryl methyl sites for hydroxylation is 1. The molecule has 2 aromatic heterocycles. The number of rotatable bonds is 3. The van der Waals surface area contributed by atoms with Crippen molar-refractivity contribution in [3.8, 4) is 5.75 Å². The molecule has 0 saturated carbocycles. The summed E-state index contributed by atoms with van der Waals surface area (Å²) in [6.07, 6.45) is 3.20. The third kappa shape index (κ3) is 4.22. The maximum absolute atomic E-state index is 13.4. The minimum Gasteiger partial charge on any atom is -0.497 e. The number of piperazine rings is 1. The number of benzene rings is 1. The van der Waals surface area contributed by atoms with Crippen LogP contribution in [-0.4, -0.2) is 49.1 Å². The summed E-state index contributed by atoms with van der Waals surface area (Å²) in [6.45, 7) is 9.90. The van der Waals surface area contributed by atoms with Gasteiger partial charge in [-0.1, -0.05) is 20.8 Å². The second-order valence-corrected chi connectivity index (χ2v) is 11.6. The highest BCUT2D eigenvalue weighted by atomic mass is 32.1. The van der Waals surface area contributed by atoms with E-state index < -0.39 is 0 Å². The maximum atomic E-state index is 13.4. The number of carbonyl (C=O) groups excluding carboxylic acids is 1. The molecule has 1 fully saturated rings. The molecule has 6 nitrogen and oxygen atoms in total. The van der Waals surface area contributed by atoms with Gasteiger partial charge in [0, 0.05) is 42.9 Å². The number of hydrogen-bond donors (Lipinski definition) is 1. The number of aromatic nitrogens is 1. The molecule has 1 aromatic carbocycles. The zero-order chi connectivity index (χ0) is 24.0. The molecule has 3 aromatic rings. The third-order valence-corrected chi connectivity index (χ3v) is 8.61. The van der Waals surface area contributed by atoms with Gasteiger partial charge in [0.05, 0.1) is 12.8 Å². The molecular formula is C27H34N4O2S. The Morgan fingerprint density at radius 2 is 1.85 bits per heavy atom. The van der Waals surface area contributed by atoms with E-state index in [9.17, 15) is 4.79 Å². The fourth-order valence-electron chi connectivity index (χ4n) is 5.19. The monoisotopic (exact) mass is 478 g/mol. The van der Waals surface area contributed by atoms with Crippen molar-refractivity contribution < 1.29 is 9.53 Å². The van der Waals surface area contributed by atoms with Gasteiger partial charge < -0.3 is 20.3 Å². The summed E-state index contributed by atoms with van der Waals surface area (Å²) < 4.78 is 5.26. The lowest BCUT2D eigenvalue weighted by Gasteiger charge is -2.36. The van der Waals surface area contributed by atoms with Crippen molar-refractivity contribution in [3.63, 3.8) is 0 Å². The summed E-state index contributed by atoms with van der Waals surface area (Å²) >= 11 is 1.45. The molecule has 1 atom stereocenters. The lowest BCUT2D eigenvalue weighted by Crippen LogP contribution is -2.48. The fraction of sp³-hybridized carbons (Fsp3) is 0.481. The van der Waals surface area contributed by atoms with E-state index in [4.69, 9.17) is 15.5 Å². The number of hydrogen-bond acceptors (Lipinski definition) is 6. The molecule has 2 N–H and O–H groups in total. The van der Waals surface area contributed by atoms with Crippen LogP contribution in [0, 0.1) is 11.3 Å².